The summed E-state index contributed by atoms with van der Waals surface area (Å²) in [6.45, 7) is 1.30. The van der Waals surface area contributed by atoms with Crippen LogP contribution in [0.1, 0.15) is 12.8 Å². The molecule has 0 bridgehead atoms. The Morgan fingerprint density at radius 1 is 1.33 bits per heavy atom. The van der Waals surface area contributed by atoms with Gasteiger partial charge in [-0.3, -0.25) is 4.79 Å². The molecule has 0 amide bonds. The highest BCUT2D eigenvalue weighted by atomic mass is 16.6. The summed E-state index contributed by atoms with van der Waals surface area (Å²) in [6.07, 6.45) is 0. The van der Waals surface area contributed by atoms with E-state index in [-0.39, 0.29) is 18.5 Å². The molecule has 94 valence electrons. The molecule has 2 rings (SSSR count). The van der Waals surface area contributed by atoms with E-state index in [0.717, 1.165) is 11.3 Å². The molecule has 0 atom stereocenters. The van der Waals surface area contributed by atoms with Gasteiger partial charge in [-0.05, 0) is 24.3 Å². The molecule has 1 heterocycles. The first-order valence-corrected chi connectivity index (χ1v) is 5.29. The Morgan fingerprint density at radius 3 is 2.67 bits per heavy atom. The van der Waals surface area contributed by atoms with Crippen LogP contribution in [-0.4, -0.2) is 23.2 Å². The van der Waals surface area contributed by atoms with Crippen molar-refractivity contribution < 1.29 is 18.8 Å². The minimum Gasteiger partial charge on any atom is -0.497 e. The Kier molecular flexibility index (Phi) is 3.57. The number of esters is 1. The highest BCUT2D eigenvalue weighted by Crippen LogP contribution is 2.19. The second-order valence-corrected chi connectivity index (χ2v) is 3.52. The van der Waals surface area contributed by atoms with Crippen LogP contribution in [0.3, 0.4) is 0 Å². The van der Waals surface area contributed by atoms with Gasteiger partial charge in [0.15, 0.2) is 6.61 Å². The number of nitrogens with zero attached hydrogens (tertiary/aromatic N) is 2. The number of aromatic nitrogens is 2. The third kappa shape index (κ3) is 2.85. The molecule has 0 spiro atoms. The van der Waals surface area contributed by atoms with Crippen molar-refractivity contribution in [1.82, 2.24) is 10.1 Å². The quantitative estimate of drug-likeness (QED) is 0.768. The molecule has 0 saturated carbocycles. The van der Waals surface area contributed by atoms with Crippen molar-refractivity contribution in [1.29, 1.82) is 0 Å². The molecule has 0 unspecified atom stereocenters. The van der Waals surface area contributed by atoms with Crippen molar-refractivity contribution in [3.63, 3.8) is 0 Å². The molecule has 6 nitrogen and oxygen atoms in total. The predicted octanol–water partition coefficient (Wildman–Crippen LogP) is 1.81. The minimum absolute atomic E-state index is 0.0154. The second-order valence-electron chi connectivity index (χ2n) is 3.52. The fourth-order valence-corrected chi connectivity index (χ4v) is 1.33. The summed E-state index contributed by atoms with van der Waals surface area (Å²) < 4.78 is 14.8. The number of rotatable bonds is 4. The first-order chi connectivity index (χ1) is 8.69. The highest BCUT2D eigenvalue weighted by Gasteiger charge is 2.09. The first-order valence-electron chi connectivity index (χ1n) is 5.29. The van der Waals surface area contributed by atoms with Crippen molar-refractivity contribution >= 4 is 5.97 Å². The van der Waals surface area contributed by atoms with Crippen LogP contribution in [0.25, 0.3) is 11.4 Å². The largest absolute Gasteiger partial charge is 0.497 e. The summed E-state index contributed by atoms with van der Waals surface area (Å²) in [5, 5.41) is 3.80. The van der Waals surface area contributed by atoms with E-state index in [9.17, 15) is 4.79 Å². The topological polar surface area (TPSA) is 74.5 Å². The molecule has 1 aromatic carbocycles. The van der Waals surface area contributed by atoms with Crippen molar-refractivity contribution in [2.24, 2.45) is 0 Å². The summed E-state index contributed by atoms with van der Waals surface area (Å²) in [4.78, 5) is 14.8. The van der Waals surface area contributed by atoms with Crippen LogP contribution in [0, 0.1) is 0 Å². The molecule has 1 aromatic heterocycles. The van der Waals surface area contributed by atoms with E-state index in [2.05, 4.69) is 10.1 Å². The van der Waals surface area contributed by atoms with E-state index >= 15 is 0 Å². The summed E-state index contributed by atoms with van der Waals surface area (Å²) in [6, 6.07) is 7.24. The maximum absolute atomic E-state index is 10.6. The number of ether oxygens (including phenoxy) is 2. The van der Waals surface area contributed by atoms with Crippen LogP contribution >= 0.6 is 0 Å². The van der Waals surface area contributed by atoms with Crippen LogP contribution in [0.2, 0.25) is 0 Å². The van der Waals surface area contributed by atoms with Gasteiger partial charge in [-0.1, -0.05) is 5.16 Å². The number of hydrogen-bond donors (Lipinski definition) is 0. The van der Waals surface area contributed by atoms with Gasteiger partial charge in [0.1, 0.15) is 5.75 Å². The summed E-state index contributed by atoms with van der Waals surface area (Å²) in [5.74, 6) is 1.07. The van der Waals surface area contributed by atoms with E-state index in [0.29, 0.717) is 5.82 Å². The average Bonchev–Trinajstić information content (AvgIpc) is 2.85. The fourth-order valence-electron chi connectivity index (χ4n) is 1.33. The van der Waals surface area contributed by atoms with Gasteiger partial charge in [0.05, 0.1) is 7.11 Å². The Bertz CT molecular complexity index is 533. The lowest BCUT2D eigenvalue weighted by molar-refractivity contribution is -0.143. The molecule has 18 heavy (non-hydrogen) atoms. The lowest BCUT2D eigenvalue weighted by atomic mass is 10.2. The predicted molar refractivity (Wildman–Crippen MR) is 61.8 cm³/mol. The molecule has 0 saturated heterocycles. The van der Waals surface area contributed by atoms with Crippen LogP contribution in [0.5, 0.6) is 5.75 Å². The number of methoxy groups -OCH3 is 1. The molecule has 6 heteroatoms. The van der Waals surface area contributed by atoms with E-state index in [1.807, 2.05) is 12.1 Å². The molecule has 0 radical (unpaired) electrons. The van der Waals surface area contributed by atoms with E-state index < -0.39 is 0 Å². The zero-order chi connectivity index (χ0) is 13.0. The lowest BCUT2D eigenvalue weighted by Crippen LogP contribution is -1.98. The SMILES string of the molecule is COc1ccc(-c2noc(COC(C)=O)n2)cc1. The summed E-state index contributed by atoms with van der Waals surface area (Å²) in [7, 11) is 1.60. The fraction of sp³-hybridized carbons (Fsp3) is 0.250. The molecular formula is C12H12N2O4. The summed E-state index contributed by atoms with van der Waals surface area (Å²) in [5.41, 5.74) is 0.800. The van der Waals surface area contributed by atoms with Gasteiger partial charge in [-0.25, -0.2) is 0 Å². The zero-order valence-electron chi connectivity index (χ0n) is 10.0. The molecule has 2 aromatic rings. The van der Waals surface area contributed by atoms with Crippen LogP contribution < -0.4 is 4.74 Å². The molecule has 0 aliphatic rings. The minimum atomic E-state index is -0.390. The van der Waals surface area contributed by atoms with E-state index in [1.54, 1.807) is 19.2 Å². The van der Waals surface area contributed by atoms with Gasteiger partial charge in [0.25, 0.3) is 5.89 Å². The second kappa shape index (κ2) is 5.31. The van der Waals surface area contributed by atoms with Gasteiger partial charge < -0.3 is 14.0 Å². The highest BCUT2D eigenvalue weighted by molar-refractivity contribution is 5.65. The molecular weight excluding hydrogens is 236 g/mol. The van der Waals surface area contributed by atoms with E-state index in [1.165, 1.54) is 6.92 Å². The van der Waals surface area contributed by atoms with Crippen molar-refractivity contribution in [2.75, 3.05) is 7.11 Å². The Balaban J connectivity index is 2.10. The Labute approximate surface area is 104 Å². The van der Waals surface area contributed by atoms with Gasteiger partial charge in [-0.15, -0.1) is 0 Å². The van der Waals surface area contributed by atoms with Crippen LogP contribution in [0.15, 0.2) is 28.8 Å². The Hall–Kier alpha value is -2.37. The third-order valence-corrected chi connectivity index (χ3v) is 2.22. The van der Waals surface area contributed by atoms with E-state index in [4.69, 9.17) is 14.0 Å². The number of carbonyl (C=O) groups is 1. The number of carbonyl (C=O) groups excluding carboxylic acids is 1. The zero-order valence-corrected chi connectivity index (χ0v) is 10.0. The lowest BCUT2D eigenvalue weighted by Gasteiger charge is -1.98. The maximum atomic E-state index is 10.6. The number of hydrogen-bond acceptors (Lipinski definition) is 6. The van der Waals surface area contributed by atoms with Crippen LogP contribution in [-0.2, 0) is 16.1 Å². The van der Waals surface area contributed by atoms with Gasteiger partial charge >= 0.3 is 5.97 Å². The van der Waals surface area contributed by atoms with Crippen LogP contribution in [0.4, 0.5) is 0 Å². The first kappa shape index (κ1) is 12.1. The smallest absolute Gasteiger partial charge is 0.303 e. The maximum Gasteiger partial charge on any atom is 0.303 e. The third-order valence-electron chi connectivity index (χ3n) is 2.22. The van der Waals surface area contributed by atoms with Crippen molar-refractivity contribution in [3.05, 3.63) is 30.2 Å². The standard InChI is InChI=1S/C12H12N2O4/c1-8(15)17-7-11-13-12(14-18-11)9-3-5-10(16-2)6-4-9/h3-6H,7H2,1-2H3. The molecule has 0 aliphatic carbocycles. The normalized spacial score (nSPS) is 10.1. The van der Waals surface area contributed by atoms with Crippen molar-refractivity contribution in [3.8, 4) is 17.1 Å². The molecule has 0 fully saturated rings. The van der Waals surface area contributed by atoms with Gasteiger partial charge in [0, 0.05) is 12.5 Å². The molecule has 0 aliphatic heterocycles. The summed E-state index contributed by atoms with van der Waals surface area (Å²) >= 11 is 0. The molecule has 0 N–H and O–H groups in total. The number of benzene rings is 1. The average molecular weight is 248 g/mol. The Morgan fingerprint density at radius 2 is 2.06 bits per heavy atom. The van der Waals surface area contributed by atoms with Crippen molar-refractivity contribution in [2.45, 2.75) is 13.5 Å². The van der Waals surface area contributed by atoms with Gasteiger partial charge in [0.2, 0.25) is 5.82 Å². The monoisotopic (exact) mass is 248 g/mol. The van der Waals surface area contributed by atoms with Gasteiger partial charge in [-0.2, -0.15) is 4.98 Å².